The van der Waals surface area contributed by atoms with Gasteiger partial charge in [-0.05, 0) is 38.2 Å². The van der Waals surface area contributed by atoms with Gasteiger partial charge in [-0.25, -0.2) is 0 Å². The van der Waals surface area contributed by atoms with E-state index in [0.29, 0.717) is 0 Å². The summed E-state index contributed by atoms with van der Waals surface area (Å²) in [6.07, 6.45) is 2.04. The average molecular weight is 222 g/mol. The van der Waals surface area contributed by atoms with Gasteiger partial charge in [0.15, 0.2) is 0 Å². The fourth-order valence-electron chi connectivity index (χ4n) is 1.96. The van der Waals surface area contributed by atoms with E-state index in [1.165, 1.54) is 11.1 Å². The highest BCUT2D eigenvalue weighted by atomic mass is 16.5. The fourth-order valence-corrected chi connectivity index (χ4v) is 1.96. The van der Waals surface area contributed by atoms with Gasteiger partial charge in [0, 0.05) is 13.7 Å². The van der Waals surface area contributed by atoms with Crippen LogP contribution in [0.25, 0.3) is 0 Å². The third kappa shape index (κ3) is 4.33. The molecular formula is C14H22O2. The van der Waals surface area contributed by atoms with Crippen LogP contribution >= 0.6 is 0 Å². The van der Waals surface area contributed by atoms with Gasteiger partial charge in [-0.2, -0.15) is 0 Å². The topological polar surface area (TPSA) is 29.5 Å². The average Bonchev–Trinajstić information content (AvgIpc) is 2.28. The lowest BCUT2D eigenvalue weighted by Gasteiger charge is -2.18. The first-order chi connectivity index (χ1) is 7.65. The number of benzene rings is 1. The van der Waals surface area contributed by atoms with Crippen LogP contribution in [0.3, 0.4) is 0 Å². The summed E-state index contributed by atoms with van der Waals surface area (Å²) >= 11 is 0. The van der Waals surface area contributed by atoms with Crippen LogP contribution < -0.4 is 0 Å². The van der Waals surface area contributed by atoms with Crippen molar-refractivity contribution in [3.8, 4) is 0 Å². The molecule has 0 heterocycles. The molecule has 0 aliphatic carbocycles. The van der Waals surface area contributed by atoms with Crippen molar-refractivity contribution in [2.24, 2.45) is 5.92 Å². The minimum absolute atomic E-state index is 0.210. The maximum absolute atomic E-state index is 9.35. The minimum Gasteiger partial charge on any atom is -0.396 e. The maximum atomic E-state index is 9.35. The van der Waals surface area contributed by atoms with Crippen molar-refractivity contribution in [2.75, 3.05) is 13.7 Å². The Kier molecular flexibility index (Phi) is 5.50. The highest BCUT2D eigenvalue weighted by Crippen LogP contribution is 2.16. The zero-order valence-corrected chi connectivity index (χ0v) is 10.4. The maximum Gasteiger partial charge on any atom is 0.0546 e. The minimum atomic E-state index is 0.210. The zero-order valence-electron chi connectivity index (χ0n) is 10.4. The second-order valence-corrected chi connectivity index (χ2v) is 4.52. The Labute approximate surface area is 98.3 Å². The van der Waals surface area contributed by atoms with E-state index in [2.05, 4.69) is 31.2 Å². The Bertz CT molecular complexity index is 309. The highest BCUT2D eigenvalue weighted by Gasteiger charge is 2.12. The van der Waals surface area contributed by atoms with E-state index in [1.807, 2.05) is 6.92 Å². The van der Waals surface area contributed by atoms with Crippen LogP contribution in [-0.2, 0) is 11.2 Å². The molecule has 0 aliphatic rings. The Morgan fingerprint density at radius 1 is 1.38 bits per heavy atom. The molecule has 0 aliphatic heterocycles. The quantitative estimate of drug-likeness (QED) is 0.801. The van der Waals surface area contributed by atoms with Crippen LogP contribution in [0.2, 0.25) is 0 Å². The number of methoxy groups -OCH3 is 1. The van der Waals surface area contributed by atoms with Crippen molar-refractivity contribution in [1.82, 2.24) is 0 Å². The van der Waals surface area contributed by atoms with Crippen LogP contribution in [-0.4, -0.2) is 24.9 Å². The Hall–Kier alpha value is -0.860. The lowest BCUT2D eigenvalue weighted by Crippen LogP contribution is -2.17. The lowest BCUT2D eigenvalue weighted by atomic mass is 9.94. The Morgan fingerprint density at radius 2 is 2.12 bits per heavy atom. The predicted octanol–water partition coefficient (Wildman–Crippen LogP) is 2.57. The number of hydrogen-bond donors (Lipinski definition) is 1. The van der Waals surface area contributed by atoms with E-state index < -0.39 is 0 Å². The van der Waals surface area contributed by atoms with E-state index in [-0.39, 0.29) is 18.6 Å². The van der Waals surface area contributed by atoms with E-state index in [0.717, 1.165) is 12.8 Å². The molecule has 0 spiro atoms. The third-order valence-corrected chi connectivity index (χ3v) is 2.93. The molecule has 0 bridgehead atoms. The van der Waals surface area contributed by atoms with E-state index >= 15 is 0 Å². The molecule has 1 rings (SSSR count). The summed E-state index contributed by atoms with van der Waals surface area (Å²) in [4.78, 5) is 0. The van der Waals surface area contributed by atoms with Gasteiger partial charge in [0.05, 0.1) is 6.10 Å². The van der Waals surface area contributed by atoms with E-state index in [9.17, 15) is 5.11 Å². The molecule has 0 radical (unpaired) electrons. The zero-order chi connectivity index (χ0) is 12.0. The van der Waals surface area contributed by atoms with Crippen molar-refractivity contribution >= 4 is 0 Å². The summed E-state index contributed by atoms with van der Waals surface area (Å²) < 4.78 is 5.23. The summed E-state index contributed by atoms with van der Waals surface area (Å²) in [6, 6.07) is 8.46. The van der Waals surface area contributed by atoms with Gasteiger partial charge in [0.1, 0.15) is 0 Å². The second kappa shape index (κ2) is 6.66. The van der Waals surface area contributed by atoms with Gasteiger partial charge >= 0.3 is 0 Å². The Balaban J connectivity index is 2.56. The summed E-state index contributed by atoms with van der Waals surface area (Å²) in [5, 5.41) is 9.35. The molecule has 1 N–H and O–H groups in total. The molecule has 0 saturated carbocycles. The third-order valence-electron chi connectivity index (χ3n) is 2.93. The second-order valence-electron chi connectivity index (χ2n) is 4.52. The molecule has 90 valence electrons. The molecule has 0 fully saturated rings. The number of aliphatic hydroxyl groups excluding tert-OH is 1. The number of aliphatic hydroxyl groups is 1. The van der Waals surface area contributed by atoms with Gasteiger partial charge in [-0.3, -0.25) is 0 Å². The summed E-state index contributed by atoms with van der Waals surface area (Å²) in [7, 11) is 1.71. The first-order valence-corrected chi connectivity index (χ1v) is 5.85. The molecule has 2 nitrogen and oxygen atoms in total. The summed E-state index contributed by atoms with van der Waals surface area (Å²) in [5.41, 5.74) is 2.57. The van der Waals surface area contributed by atoms with Crippen LogP contribution in [0.1, 0.15) is 24.5 Å². The first kappa shape index (κ1) is 13.2. The smallest absolute Gasteiger partial charge is 0.0546 e. The van der Waals surface area contributed by atoms with Gasteiger partial charge in [-0.1, -0.05) is 29.8 Å². The van der Waals surface area contributed by atoms with Gasteiger partial charge in [0.25, 0.3) is 0 Å². The highest BCUT2D eigenvalue weighted by molar-refractivity contribution is 5.22. The van der Waals surface area contributed by atoms with Crippen molar-refractivity contribution in [3.63, 3.8) is 0 Å². The molecule has 0 aromatic heterocycles. The molecule has 1 aromatic carbocycles. The van der Waals surface area contributed by atoms with Crippen LogP contribution in [0.15, 0.2) is 24.3 Å². The molecule has 16 heavy (non-hydrogen) atoms. The van der Waals surface area contributed by atoms with Crippen LogP contribution in [0.4, 0.5) is 0 Å². The van der Waals surface area contributed by atoms with E-state index in [4.69, 9.17) is 4.74 Å². The predicted molar refractivity (Wildman–Crippen MR) is 66.5 cm³/mol. The first-order valence-electron chi connectivity index (χ1n) is 5.85. The number of hydrogen-bond acceptors (Lipinski definition) is 2. The molecule has 2 atom stereocenters. The largest absolute Gasteiger partial charge is 0.396 e. The monoisotopic (exact) mass is 222 g/mol. The fraction of sp³-hybridized carbons (Fsp3) is 0.571. The van der Waals surface area contributed by atoms with Crippen molar-refractivity contribution in [3.05, 3.63) is 35.4 Å². The van der Waals surface area contributed by atoms with Gasteiger partial charge in [0.2, 0.25) is 0 Å². The van der Waals surface area contributed by atoms with Crippen molar-refractivity contribution in [1.29, 1.82) is 0 Å². The molecular weight excluding hydrogens is 200 g/mol. The normalized spacial score (nSPS) is 14.8. The lowest BCUT2D eigenvalue weighted by molar-refractivity contribution is 0.0806. The van der Waals surface area contributed by atoms with Gasteiger partial charge in [-0.15, -0.1) is 0 Å². The molecule has 2 heteroatoms. The van der Waals surface area contributed by atoms with Crippen molar-refractivity contribution < 1.29 is 9.84 Å². The number of aryl methyl sites for hydroxylation is 1. The number of rotatable bonds is 6. The van der Waals surface area contributed by atoms with E-state index in [1.54, 1.807) is 7.11 Å². The molecule has 2 unspecified atom stereocenters. The van der Waals surface area contributed by atoms with Crippen LogP contribution in [0, 0.1) is 12.8 Å². The standard InChI is InChI=1S/C14H22O2/c1-11-5-4-6-13(7-11)9-14(10-15)8-12(2)16-3/h4-7,12,14-15H,8-10H2,1-3H3. The van der Waals surface area contributed by atoms with Gasteiger partial charge < -0.3 is 9.84 Å². The van der Waals surface area contributed by atoms with Crippen LogP contribution in [0.5, 0.6) is 0 Å². The molecule has 0 amide bonds. The molecule has 1 aromatic rings. The summed E-state index contributed by atoms with van der Waals surface area (Å²) in [5.74, 6) is 0.289. The van der Waals surface area contributed by atoms with Crippen molar-refractivity contribution in [2.45, 2.75) is 32.8 Å². The SMILES string of the molecule is COC(C)CC(CO)Cc1cccc(C)c1. The summed E-state index contributed by atoms with van der Waals surface area (Å²) in [6.45, 7) is 4.36. The molecule has 0 saturated heterocycles. The Morgan fingerprint density at radius 3 is 2.69 bits per heavy atom. The number of ether oxygens (including phenoxy) is 1.